The van der Waals surface area contributed by atoms with Gasteiger partial charge in [-0.2, -0.15) is 0 Å². The van der Waals surface area contributed by atoms with Gasteiger partial charge in [0.25, 0.3) is 0 Å². The highest BCUT2D eigenvalue weighted by Crippen LogP contribution is 2.53. The molecule has 2 aliphatic heterocycles. The van der Waals surface area contributed by atoms with Crippen LogP contribution in [-0.2, 0) is 21.5 Å². The number of methoxy groups -OCH3 is 2. The molecule has 2 heterocycles. The number of allylic oxidation sites excluding steroid dienone is 1. The third-order valence-electron chi connectivity index (χ3n) is 5.41. The Morgan fingerprint density at radius 1 is 1.13 bits per heavy atom. The fraction of sp³-hybridized carbons (Fsp3) is 0.444. The number of benzene rings is 1. The Bertz CT molecular complexity index is 739. The SMILES string of the molecule is COc1cc2c(cc1OC)[C@]13C=CC(=O)C[C@@H]1CC(=O)N3CC2. The molecule has 0 N–H and O–H groups in total. The second-order valence-electron chi connectivity index (χ2n) is 6.39. The first kappa shape index (κ1) is 14.3. The summed E-state index contributed by atoms with van der Waals surface area (Å²) in [7, 11) is 3.23. The number of hydrogen-bond acceptors (Lipinski definition) is 4. The average Bonchev–Trinajstić information content (AvgIpc) is 2.85. The first-order valence-electron chi connectivity index (χ1n) is 7.88. The van der Waals surface area contributed by atoms with Crippen molar-refractivity contribution in [2.45, 2.75) is 24.8 Å². The monoisotopic (exact) mass is 313 g/mol. The molecule has 1 aromatic rings. The van der Waals surface area contributed by atoms with E-state index in [-0.39, 0.29) is 17.6 Å². The Labute approximate surface area is 134 Å². The normalized spacial score (nSPS) is 28.3. The van der Waals surface area contributed by atoms with E-state index in [0.717, 1.165) is 17.5 Å². The lowest BCUT2D eigenvalue weighted by Crippen LogP contribution is -2.51. The lowest BCUT2D eigenvalue weighted by Gasteiger charge is -2.46. The summed E-state index contributed by atoms with van der Waals surface area (Å²) in [4.78, 5) is 26.3. The topological polar surface area (TPSA) is 55.8 Å². The molecular formula is C18H19NO4. The van der Waals surface area contributed by atoms with Gasteiger partial charge in [0.05, 0.1) is 19.8 Å². The Kier molecular flexibility index (Phi) is 3.01. The molecule has 0 unspecified atom stereocenters. The molecule has 5 nitrogen and oxygen atoms in total. The first-order valence-corrected chi connectivity index (χ1v) is 7.88. The summed E-state index contributed by atoms with van der Waals surface area (Å²) >= 11 is 0. The Hall–Kier alpha value is -2.30. The van der Waals surface area contributed by atoms with Crippen molar-refractivity contribution >= 4 is 11.7 Å². The number of rotatable bonds is 2. The molecule has 1 aromatic carbocycles. The summed E-state index contributed by atoms with van der Waals surface area (Å²) < 4.78 is 10.9. The van der Waals surface area contributed by atoms with Gasteiger partial charge in [0, 0.05) is 25.3 Å². The summed E-state index contributed by atoms with van der Waals surface area (Å²) in [6.07, 6.45) is 5.21. The highest BCUT2D eigenvalue weighted by molar-refractivity contribution is 5.94. The number of nitrogens with zero attached hydrogens (tertiary/aromatic N) is 1. The predicted octanol–water partition coefficient (Wildman–Crippen LogP) is 1.83. The summed E-state index contributed by atoms with van der Waals surface area (Å²) in [5, 5.41) is 0. The van der Waals surface area contributed by atoms with E-state index >= 15 is 0 Å². The minimum absolute atomic E-state index is 0.00431. The van der Waals surface area contributed by atoms with Crippen molar-refractivity contribution in [2.75, 3.05) is 20.8 Å². The molecule has 120 valence electrons. The van der Waals surface area contributed by atoms with Crippen LogP contribution < -0.4 is 9.47 Å². The van der Waals surface area contributed by atoms with Crippen molar-refractivity contribution in [1.82, 2.24) is 4.90 Å². The summed E-state index contributed by atoms with van der Waals surface area (Å²) in [5.41, 5.74) is 1.73. The number of amides is 1. The number of hydrogen-bond donors (Lipinski definition) is 0. The van der Waals surface area contributed by atoms with Crippen LogP contribution in [0.2, 0.25) is 0 Å². The van der Waals surface area contributed by atoms with E-state index < -0.39 is 5.54 Å². The minimum Gasteiger partial charge on any atom is -0.493 e. The molecule has 0 aromatic heterocycles. The van der Waals surface area contributed by atoms with Crippen LogP contribution >= 0.6 is 0 Å². The van der Waals surface area contributed by atoms with Gasteiger partial charge in [-0.15, -0.1) is 0 Å². The summed E-state index contributed by atoms with van der Waals surface area (Å²) in [6.45, 7) is 0.677. The molecule has 1 saturated heterocycles. The van der Waals surface area contributed by atoms with Crippen molar-refractivity contribution in [3.8, 4) is 11.5 Å². The quantitative estimate of drug-likeness (QED) is 0.836. The molecular weight excluding hydrogens is 294 g/mol. The largest absolute Gasteiger partial charge is 0.493 e. The van der Waals surface area contributed by atoms with Crippen molar-refractivity contribution in [3.63, 3.8) is 0 Å². The summed E-state index contributed by atoms with van der Waals surface area (Å²) in [6, 6.07) is 3.98. The zero-order valence-electron chi connectivity index (χ0n) is 13.3. The second-order valence-corrected chi connectivity index (χ2v) is 6.39. The molecule has 2 atom stereocenters. The molecule has 1 fully saturated rings. The zero-order chi connectivity index (χ0) is 16.2. The fourth-order valence-electron chi connectivity index (χ4n) is 4.39. The molecule has 0 bridgehead atoms. The highest BCUT2D eigenvalue weighted by Gasteiger charge is 2.56. The Morgan fingerprint density at radius 3 is 2.61 bits per heavy atom. The number of ketones is 1. The molecule has 5 heteroatoms. The van der Waals surface area contributed by atoms with Crippen molar-refractivity contribution in [3.05, 3.63) is 35.4 Å². The molecule has 3 aliphatic rings. The molecule has 23 heavy (non-hydrogen) atoms. The van der Waals surface area contributed by atoms with Crippen LogP contribution in [0.5, 0.6) is 11.5 Å². The molecule has 4 rings (SSSR count). The van der Waals surface area contributed by atoms with Crippen molar-refractivity contribution in [2.24, 2.45) is 5.92 Å². The van der Waals surface area contributed by atoms with E-state index in [1.807, 2.05) is 23.1 Å². The van der Waals surface area contributed by atoms with Crippen LogP contribution in [0.4, 0.5) is 0 Å². The summed E-state index contributed by atoms with van der Waals surface area (Å²) in [5.74, 6) is 1.60. The van der Waals surface area contributed by atoms with Crippen LogP contribution in [0.1, 0.15) is 24.0 Å². The molecule has 0 radical (unpaired) electrons. The average molecular weight is 313 g/mol. The van der Waals surface area contributed by atoms with Gasteiger partial charge in [0.15, 0.2) is 17.3 Å². The highest BCUT2D eigenvalue weighted by atomic mass is 16.5. The van der Waals surface area contributed by atoms with E-state index in [4.69, 9.17) is 9.47 Å². The van der Waals surface area contributed by atoms with E-state index in [2.05, 4.69) is 0 Å². The lowest BCUT2D eigenvalue weighted by atomic mass is 9.69. The van der Waals surface area contributed by atoms with Crippen molar-refractivity contribution < 1.29 is 19.1 Å². The number of carbonyl (C=O) groups is 2. The van der Waals surface area contributed by atoms with E-state index in [0.29, 0.717) is 30.9 Å². The van der Waals surface area contributed by atoms with Gasteiger partial charge in [-0.05, 0) is 35.8 Å². The van der Waals surface area contributed by atoms with Crippen LogP contribution in [0, 0.1) is 5.92 Å². The van der Waals surface area contributed by atoms with Crippen molar-refractivity contribution in [1.29, 1.82) is 0 Å². The van der Waals surface area contributed by atoms with Gasteiger partial charge < -0.3 is 14.4 Å². The standard InChI is InChI=1S/C18H19NO4/c1-22-15-7-11-4-6-19-17(21)9-12-8-13(20)3-5-18(12,19)14(11)10-16(15)23-2/h3,5,7,10,12H,4,6,8-9H2,1-2H3/t12-,18+/m1/s1. The molecule has 1 amide bonds. The number of fused-ring (bicyclic) bond motifs is 1. The van der Waals surface area contributed by atoms with Gasteiger partial charge in [-0.25, -0.2) is 0 Å². The van der Waals surface area contributed by atoms with Crippen LogP contribution in [0.15, 0.2) is 24.3 Å². The fourth-order valence-corrected chi connectivity index (χ4v) is 4.39. The number of ether oxygens (including phenoxy) is 2. The van der Waals surface area contributed by atoms with Crippen LogP contribution in [0.3, 0.4) is 0 Å². The molecule has 1 aliphatic carbocycles. The maximum absolute atomic E-state index is 12.5. The molecule has 1 spiro atoms. The maximum Gasteiger partial charge on any atom is 0.223 e. The third kappa shape index (κ3) is 1.79. The number of carbonyl (C=O) groups excluding carboxylic acids is 2. The minimum atomic E-state index is -0.502. The zero-order valence-corrected chi connectivity index (χ0v) is 13.3. The van der Waals surface area contributed by atoms with E-state index in [1.54, 1.807) is 20.3 Å². The second kappa shape index (κ2) is 4.85. The third-order valence-corrected chi connectivity index (χ3v) is 5.41. The molecule has 0 saturated carbocycles. The van der Waals surface area contributed by atoms with E-state index in [1.165, 1.54) is 0 Å². The van der Waals surface area contributed by atoms with Gasteiger partial charge in [0.1, 0.15) is 0 Å². The first-order chi connectivity index (χ1) is 11.1. The van der Waals surface area contributed by atoms with Gasteiger partial charge in [0.2, 0.25) is 5.91 Å². The predicted molar refractivity (Wildman–Crippen MR) is 83.5 cm³/mol. The van der Waals surface area contributed by atoms with Gasteiger partial charge in [-0.3, -0.25) is 9.59 Å². The maximum atomic E-state index is 12.5. The van der Waals surface area contributed by atoms with Crippen LogP contribution in [0.25, 0.3) is 0 Å². The van der Waals surface area contributed by atoms with Gasteiger partial charge in [-0.1, -0.05) is 6.08 Å². The Balaban J connectivity index is 1.96. The Morgan fingerprint density at radius 2 is 1.87 bits per heavy atom. The van der Waals surface area contributed by atoms with E-state index in [9.17, 15) is 9.59 Å². The smallest absolute Gasteiger partial charge is 0.223 e. The van der Waals surface area contributed by atoms with Gasteiger partial charge >= 0.3 is 0 Å². The van der Waals surface area contributed by atoms with Crippen LogP contribution in [-0.4, -0.2) is 37.4 Å². The lowest BCUT2D eigenvalue weighted by molar-refractivity contribution is -0.131.